The van der Waals surface area contributed by atoms with Gasteiger partial charge in [0.1, 0.15) is 0 Å². The highest BCUT2D eigenvalue weighted by molar-refractivity contribution is 6.20. The van der Waals surface area contributed by atoms with Crippen LogP contribution in [0.15, 0.2) is 24.3 Å². The first kappa shape index (κ1) is 16.1. The van der Waals surface area contributed by atoms with E-state index >= 15 is 0 Å². The van der Waals surface area contributed by atoms with Crippen LogP contribution in [-0.4, -0.2) is 28.8 Å². The molecule has 0 saturated carbocycles. The summed E-state index contributed by atoms with van der Waals surface area (Å²) in [6.07, 6.45) is -0.635. The lowest BCUT2D eigenvalue weighted by Gasteiger charge is -2.30. The Kier molecular flexibility index (Phi) is 3.76. The summed E-state index contributed by atoms with van der Waals surface area (Å²) in [6, 6.07) is 5.98. The molecule has 0 aliphatic carbocycles. The molecule has 0 aromatic heterocycles. The molecule has 1 aliphatic rings. The molecule has 1 aromatic rings. The number of rotatable bonds is 4. The fourth-order valence-corrected chi connectivity index (χ4v) is 1.90. The molecule has 118 valence electrons. The lowest BCUT2D eigenvalue weighted by Crippen LogP contribution is -2.39. The summed E-state index contributed by atoms with van der Waals surface area (Å²) < 4.78 is 26.8. The van der Waals surface area contributed by atoms with E-state index in [1.54, 1.807) is 12.1 Å². The summed E-state index contributed by atoms with van der Waals surface area (Å²) in [5, 5.41) is 0.316. The number of hydrogen-bond donors (Lipinski definition) is 0. The van der Waals surface area contributed by atoms with Crippen LogP contribution in [-0.2, 0) is 9.63 Å². The zero-order valence-corrected chi connectivity index (χ0v) is 12.4. The van der Waals surface area contributed by atoms with Crippen molar-refractivity contribution in [3.8, 4) is 0 Å². The van der Waals surface area contributed by atoms with Crippen LogP contribution in [0.25, 0.3) is 0 Å². The maximum Gasteiger partial charge on any atom is 0.334 e. The van der Waals surface area contributed by atoms with Gasteiger partial charge in [-0.25, -0.2) is 13.6 Å². The van der Waals surface area contributed by atoms with Gasteiger partial charge in [0.25, 0.3) is 17.7 Å². The quantitative estimate of drug-likeness (QED) is 0.802. The molecule has 0 N–H and O–H groups in total. The van der Waals surface area contributed by atoms with Crippen LogP contribution in [0.3, 0.4) is 0 Å². The van der Waals surface area contributed by atoms with Crippen molar-refractivity contribution in [3.63, 3.8) is 0 Å². The van der Waals surface area contributed by atoms with Gasteiger partial charge in [-0.2, -0.15) is 0 Å². The number of hydrogen-bond acceptors (Lipinski definition) is 4. The second kappa shape index (κ2) is 5.15. The van der Waals surface area contributed by atoms with Gasteiger partial charge in [-0.1, -0.05) is 31.0 Å². The third-order valence-corrected chi connectivity index (χ3v) is 3.72. The van der Waals surface area contributed by atoms with Gasteiger partial charge in [-0.3, -0.25) is 9.59 Å². The average Bonchev–Trinajstić information content (AvgIpc) is 2.63. The molecular formula is C15H15F2NO4. The molecule has 1 aromatic carbocycles. The average molecular weight is 311 g/mol. The Labute approximate surface area is 125 Å². The molecule has 0 saturated heterocycles. The number of imide groups is 1. The van der Waals surface area contributed by atoms with Gasteiger partial charge >= 0.3 is 5.97 Å². The SMILES string of the molecule is CC(F)(F)C(C)(C)CC(=O)ON1C(=O)c2ccccc2C1=O. The third kappa shape index (κ3) is 2.70. The van der Waals surface area contributed by atoms with Gasteiger partial charge in [-0.05, 0) is 19.1 Å². The molecule has 1 aliphatic heterocycles. The minimum absolute atomic E-state index is 0.111. The Morgan fingerprint density at radius 2 is 1.55 bits per heavy atom. The molecule has 0 spiro atoms. The highest BCUT2D eigenvalue weighted by atomic mass is 19.3. The number of carbonyl (C=O) groups is 3. The summed E-state index contributed by atoms with van der Waals surface area (Å²) in [4.78, 5) is 40.5. The van der Waals surface area contributed by atoms with E-state index in [9.17, 15) is 23.2 Å². The van der Waals surface area contributed by atoms with E-state index in [-0.39, 0.29) is 11.1 Å². The van der Waals surface area contributed by atoms with Crippen molar-refractivity contribution in [2.75, 3.05) is 0 Å². The largest absolute Gasteiger partial charge is 0.334 e. The van der Waals surface area contributed by atoms with Crippen molar-refractivity contribution in [1.29, 1.82) is 0 Å². The van der Waals surface area contributed by atoms with Crippen LogP contribution >= 0.6 is 0 Å². The van der Waals surface area contributed by atoms with Crippen molar-refractivity contribution >= 4 is 17.8 Å². The molecule has 22 heavy (non-hydrogen) atoms. The second-order valence-corrected chi connectivity index (χ2v) is 5.86. The second-order valence-electron chi connectivity index (χ2n) is 5.86. The lowest BCUT2D eigenvalue weighted by molar-refractivity contribution is -0.178. The van der Waals surface area contributed by atoms with Crippen molar-refractivity contribution in [3.05, 3.63) is 35.4 Å². The molecule has 0 fully saturated rings. The zero-order valence-electron chi connectivity index (χ0n) is 12.4. The van der Waals surface area contributed by atoms with Crippen LogP contribution in [0, 0.1) is 5.41 Å². The number of nitrogens with zero attached hydrogens (tertiary/aromatic N) is 1. The van der Waals surface area contributed by atoms with Gasteiger partial charge in [0, 0.05) is 5.41 Å². The van der Waals surface area contributed by atoms with Gasteiger partial charge in [0.05, 0.1) is 17.5 Å². The van der Waals surface area contributed by atoms with Crippen LogP contribution < -0.4 is 0 Å². The Bertz CT molecular complexity index is 614. The normalized spacial score (nSPS) is 15.0. The first-order valence-corrected chi connectivity index (χ1v) is 6.61. The molecule has 0 radical (unpaired) electrons. The number of alkyl halides is 2. The minimum Gasteiger partial charge on any atom is -0.330 e. The highest BCUT2D eigenvalue weighted by Crippen LogP contribution is 2.39. The summed E-state index contributed by atoms with van der Waals surface area (Å²) in [6.45, 7) is 3.11. The van der Waals surface area contributed by atoms with E-state index in [2.05, 4.69) is 0 Å². The summed E-state index contributed by atoms with van der Waals surface area (Å²) >= 11 is 0. The van der Waals surface area contributed by atoms with Crippen LogP contribution in [0.5, 0.6) is 0 Å². The summed E-state index contributed by atoms with van der Waals surface area (Å²) in [5.41, 5.74) is -1.44. The standard InChI is InChI=1S/C15H15F2NO4/c1-14(2,15(3,16)17)8-11(19)22-18-12(20)9-6-4-5-7-10(9)13(18)21/h4-7H,8H2,1-3H3. The molecule has 5 nitrogen and oxygen atoms in total. The van der Waals surface area contributed by atoms with E-state index in [1.807, 2.05) is 0 Å². The summed E-state index contributed by atoms with van der Waals surface area (Å²) in [5.74, 6) is -5.75. The topological polar surface area (TPSA) is 63.7 Å². The zero-order chi connectivity index (χ0) is 16.7. The van der Waals surface area contributed by atoms with Crippen molar-refractivity contribution in [2.24, 2.45) is 5.41 Å². The number of carbonyl (C=O) groups excluding carboxylic acids is 3. The molecule has 0 unspecified atom stereocenters. The number of benzene rings is 1. The predicted octanol–water partition coefficient (Wildman–Crippen LogP) is 2.81. The van der Waals surface area contributed by atoms with Gasteiger partial charge in [0.15, 0.2) is 0 Å². The Morgan fingerprint density at radius 1 is 1.09 bits per heavy atom. The van der Waals surface area contributed by atoms with Gasteiger partial charge in [0.2, 0.25) is 0 Å². The number of fused-ring (bicyclic) bond motifs is 1. The molecule has 2 rings (SSSR count). The molecule has 0 bridgehead atoms. The monoisotopic (exact) mass is 311 g/mol. The van der Waals surface area contributed by atoms with Crippen molar-refractivity contribution < 1.29 is 28.0 Å². The molecular weight excluding hydrogens is 296 g/mol. The number of halogens is 2. The Hall–Kier alpha value is -2.31. The summed E-state index contributed by atoms with van der Waals surface area (Å²) in [7, 11) is 0. The fourth-order valence-electron chi connectivity index (χ4n) is 1.90. The van der Waals surface area contributed by atoms with E-state index in [0.717, 1.165) is 0 Å². The van der Waals surface area contributed by atoms with Crippen LogP contribution in [0.4, 0.5) is 8.78 Å². The molecule has 1 heterocycles. The fraction of sp³-hybridized carbons (Fsp3) is 0.400. The maximum absolute atomic E-state index is 13.4. The van der Waals surface area contributed by atoms with Crippen molar-refractivity contribution in [1.82, 2.24) is 5.06 Å². The number of hydroxylamine groups is 2. The minimum atomic E-state index is -3.12. The van der Waals surface area contributed by atoms with E-state index in [0.29, 0.717) is 12.0 Å². The predicted molar refractivity (Wildman–Crippen MR) is 72.1 cm³/mol. The van der Waals surface area contributed by atoms with E-state index < -0.39 is 35.5 Å². The smallest absolute Gasteiger partial charge is 0.330 e. The number of amides is 2. The lowest BCUT2D eigenvalue weighted by atomic mass is 9.83. The van der Waals surface area contributed by atoms with E-state index in [4.69, 9.17) is 4.84 Å². The molecule has 7 heteroatoms. The third-order valence-electron chi connectivity index (χ3n) is 3.72. The Balaban J connectivity index is 2.12. The van der Waals surface area contributed by atoms with Crippen molar-refractivity contribution in [2.45, 2.75) is 33.1 Å². The van der Waals surface area contributed by atoms with E-state index in [1.165, 1.54) is 26.0 Å². The first-order chi connectivity index (χ1) is 10.0. The first-order valence-electron chi connectivity index (χ1n) is 6.61. The molecule has 0 atom stereocenters. The molecule has 2 amide bonds. The van der Waals surface area contributed by atoms with Crippen LogP contribution in [0.1, 0.15) is 47.9 Å². The maximum atomic E-state index is 13.4. The highest BCUT2D eigenvalue weighted by Gasteiger charge is 2.45. The van der Waals surface area contributed by atoms with Gasteiger partial charge < -0.3 is 4.84 Å². The van der Waals surface area contributed by atoms with Crippen LogP contribution in [0.2, 0.25) is 0 Å². The Morgan fingerprint density at radius 3 is 1.95 bits per heavy atom. The van der Waals surface area contributed by atoms with Gasteiger partial charge in [-0.15, -0.1) is 0 Å².